The molecule has 6 heteroatoms. The van der Waals surface area contributed by atoms with Gasteiger partial charge in [-0.2, -0.15) is 0 Å². The van der Waals surface area contributed by atoms with Gasteiger partial charge in [0, 0.05) is 0 Å². The van der Waals surface area contributed by atoms with E-state index in [1.165, 1.54) is 0 Å². The third-order valence-electron chi connectivity index (χ3n) is 1.88. The van der Waals surface area contributed by atoms with Crippen LogP contribution in [0.5, 0.6) is 0 Å². The first-order valence-electron chi connectivity index (χ1n) is 6.08. The Hall–Kier alpha value is -0.441. The van der Waals surface area contributed by atoms with E-state index in [2.05, 4.69) is 15.1 Å². The molecule has 0 amide bonds. The minimum atomic E-state index is -2.78. The molecule has 0 aliphatic heterocycles. The first-order valence-corrected chi connectivity index (χ1v) is 9.84. The predicted octanol–water partition coefficient (Wildman–Crippen LogP) is 3.54. The van der Waals surface area contributed by atoms with Crippen LogP contribution in [-0.4, -0.2) is 33.3 Å². The van der Waals surface area contributed by atoms with Crippen LogP contribution >= 0.6 is 6.19 Å². The number of benzene rings is 1. The van der Waals surface area contributed by atoms with Gasteiger partial charge < -0.3 is 0 Å². The van der Waals surface area contributed by atoms with E-state index >= 15 is 0 Å². The molecule has 0 bridgehead atoms. The van der Waals surface area contributed by atoms with Crippen LogP contribution in [0.25, 0.3) is 0 Å². The van der Waals surface area contributed by atoms with Crippen molar-refractivity contribution in [2.24, 2.45) is 0 Å². The van der Waals surface area contributed by atoms with Gasteiger partial charge in [0.15, 0.2) is 0 Å². The van der Waals surface area contributed by atoms with Crippen molar-refractivity contribution >= 4 is 27.3 Å². The summed E-state index contributed by atoms with van der Waals surface area (Å²) in [5.74, 6) is -0.450. The third kappa shape index (κ3) is 6.03. The number of hydrogen-bond acceptors (Lipinski definition) is 4. The number of hydrogen-bond donors (Lipinski definition) is 0. The Kier molecular flexibility index (Phi) is 6.44. The van der Waals surface area contributed by atoms with Gasteiger partial charge in [-0.05, 0) is 0 Å². The summed E-state index contributed by atoms with van der Waals surface area (Å²) in [4.78, 5) is 12.0. The number of rotatable bonds is 6. The second kappa shape index (κ2) is 7.37. The summed E-state index contributed by atoms with van der Waals surface area (Å²) >= 11 is 2.78. The van der Waals surface area contributed by atoms with Gasteiger partial charge in [-0.25, -0.2) is 0 Å². The Morgan fingerprint density at radius 3 is 1.95 bits per heavy atom. The second-order valence-electron chi connectivity index (χ2n) is 4.50. The number of carbonyl (C=O) groups is 1. The standard InChI is InChI=1S/C13H19O4PSe/c1-10(2)15-18(19,16-11(3)4)17-13(14)12-8-6-5-7-9-12/h5-11H,1-4H3. The molecular formula is C13H19O4PSe. The van der Waals surface area contributed by atoms with Crippen molar-refractivity contribution < 1.29 is 18.4 Å². The molecule has 0 aliphatic carbocycles. The first-order chi connectivity index (χ1) is 8.82. The fourth-order valence-corrected chi connectivity index (χ4v) is 5.38. The Balaban J connectivity index is 2.83. The average molecular weight is 349 g/mol. The molecule has 0 radical (unpaired) electrons. The molecule has 0 heterocycles. The van der Waals surface area contributed by atoms with E-state index in [1.807, 2.05) is 33.8 Å². The molecule has 0 atom stereocenters. The monoisotopic (exact) mass is 350 g/mol. The van der Waals surface area contributed by atoms with Gasteiger partial charge in [0.05, 0.1) is 0 Å². The summed E-state index contributed by atoms with van der Waals surface area (Å²) in [5, 5.41) is 0. The zero-order chi connectivity index (χ0) is 14.5. The maximum absolute atomic E-state index is 12.0. The van der Waals surface area contributed by atoms with E-state index in [0.29, 0.717) is 5.56 Å². The average Bonchev–Trinajstić information content (AvgIpc) is 2.27. The van der Waals surface area contributed by atoms with E-state index in [-0.39, 0.29) is 12.2 Å². The first kappa shape index (κ1) is 16.6. The van der Waals surface area contributed by atoms with Gasteiger partial charge in [0.25, 0.3) is 0 Å². The molecule has 0 N–H and O–H groups in total. The van der Waals surface area contributed by atoms with Gasteiger partial charge in [-0.1, -0.05) is 0 Å². The summed E-state index contributed by atoms with van der Waals surface area (Å²) in [7, 11) is 0. The normalized spacial score (nSPS) is 11.9. The Labute approximate surface area is 121 Å². The van der Waals surface area contributed by atoms with Crippen LogP contribution in [0.4, 0.5) is 0 Å². The molecule has 1 aromatic carbocycles. The van der Waals surface area contributed by atoms with Crippen molar-refractivity contribution in [3.63, 3.8) is 0 Å². The molecular weight excluding hydrogens is 330 g/mol. The van der Waals surface area contributed by atoms with Gasteiger partial charge in [-0.3, -0.25) is 0 Å². The van der Waals surface area contributed by atoms with E-state index in [1.54, 1.807) is 24.3 Å². The van der Waals surface area contributed by atoms with Crippen LogP contribution in [0.15, 0.2) is 30.3 Å². The Morgan fingerprint density at radius 1 is 1.05 bits per heavy atom. The molecule has 1 rings (SSSR count). The summed E-state index contributed by atoms with van der Waals surface area (Å²) < 4.78 is 16.7. The van der Waals surface area contributed by atoms with Crippen LogP contribution in [0, 0.1) is 0 Å². The van der Waals surface area contributed by atoms with Gasteiger partial charge in [0.2, 0.25) is 0 Å². The van der Waals surface area contributed by atoms with Crippen molar-refractivity contribution in [1.82, 2.24) is 0 Å². The molecule has 1 aromatic rings. The fraction of sp³-hybridized carbons (Fsp3) is 0.462. The predicted molar refractivity (Wildman–Crippen MR) is 77.0 cm³/mol. The van der Waals surface area contributed by atoms with Crippen molar-refractivity contribution in [3.8, 4) is 0 Å². The fourth-order valence-electron chi connectivity index (χ4n) is 1.31. The third-order valence-corrected chi connectivity index (χ3v) is 5.19. The summed E-state index contributed by atoms with van der Waals surface area (Å²) in [5.41, 5.74) is 0.474. The zero-order valence-electron chi connectivity index (χ0n) is 11.5. The summed E-state index contributed by atoms with van der Waals surface area (Å²) in [6.45, 7) is 7.47. The van der Waals surface area contributed by atoms with Crippen LogP contribution in [0.1, 0.15) is 38.1 Å². The van der Waals surface area contributed by atoms with Crippen molar-refractivity contribution in [2.45, 2.75) is 39.9 Å². The SMILES string of the molecule is CC(C)OP(=[Se])(OC(=O)c1ccccc1)OC(C)C. The van der Waals surface area contributed by atoms with E-state index in [4.69, 9.17) is 13.6 Å². The number of carbonyl (C=O) groups excluding carboxylic acids is 1. The molecule has 0 spiro atoms. The molecule has 0 aromatic heterocycles. The molecule has 0 fully saturated rings. The second-order valence-corrected chi connectivity index (χ2v) is 8.81. The van der Waals surface area contributed by atoms with Crippen molar-refractivity contribution in [2.75, 3.05) is 0 Å². The van der Waals surface area contributed by atoms with Crippen molar-refractivity contribution in [3.05, 3.63) is 35.9 Å². The van der Waals surface area contributed by atoms with Gasteiger partial charge in [0.1, 0.15) is 0 Å². The molecule has 106 valence electrons. The van der Waals surface area contributed by atoms with Crippen LogP contribution in [0.2, 0.25) is 0 Å². The minimum absolute atomic E-state index is 0.100. The molecule has 0 aliphatic rings. The molecule has 19 heavy (non-hydrogen) atoms. The van der Waals surface area contributed by atoms with E-state index < -0.39 is 12.2 Å². The van der Waals surface area contributed by atoms with Crippen LogP contribution in [-0.2, 0) is 13.6 Å². The quantitative estimate of drug-likeness (QED) is 0.582. The van der Waals surface area contributed by atoms with Gasteiger partial charge >= 0.3 is 121 Å². The van der Waals surface area contributed by atoms with E-state index in [9.17, 15) is 4.79 Å². The molecule has 4 nitrogen and oxygen atoms in total. The Bertz CT molecular complexity index is 445. The Morgan fingerprint density at radius 2 is 1.53 bits per heavy atom. The van der Waals surface area contributed by atoms with E-state index in [0.717, 1.165) is 0 Å². The molecule has 0 unspecified atom stereocenters. The van der Waals surface area contributed by atoms with Crippen molar-refractivity contribution in [1.29, 1.82) is 0 Å². The summed E-state index contributed by atoms with van der Waals surface area (Å²) in [6, 6.07) is 8.78. The zero-order valence-corrected chi connectivity index (χ0v) is 14.1. The topological polar surface area (TPSA) is 44.8 Å². The summed E-state index contributed by atoms with van der Waals surface area (Å²) in [6.07, 6.45) is -2.98. The maximum atomic E-state index is 12.0. The van der Waals surface area contributed by atoms with Gasteiger partial charge in [-0.15, -0.1) is 0 Å². The molecule has 0 saturated heterocycles. The van der Waals surface area contributed by atoms with Crippen LogP contribution in [0.3, 0.4) is 0 Å². The van der Waals surface area contributed by atoms with Crippen LogP contribution < -0.4 is 0 Å². The molecule has 0 saturated carbocycles.